The van der Waals surface area contributed by atoms with E-state index in [1.54, 1.807) is 28.4 Å². The third kappa shape index (κ3) is 25.1. The predicted molar refractivity (Wildman–Crippen MR) is 185 cm³/mol. The Balaban J connectivity index is -0.000000498. The van der Waals surface area contributed by atoms with E-state index >= 15 is 0 Å². The smallest absolute Gasteiger partial charge is 0.334 e. The number of hydrogen-bond acceptors (Lipinski definition) is 6. The minimum atomic E-state index is -1.88. The average molecular weight is 629 g/mol. The number of aryl methyl sites for hydroxylation is 2. The normalized spacial score (nSPS) is 10.9. The van der Waals surface area contributed by atoms with E-state index in [4.69, 9.17) is 27.2 Å². The molecule has 9 heteroatoms. The SMILES string of the molecule is CCC.CCC[Si](C)(OC)OC.CO.CO[Si](C)(C)CCc1ccccc1.CO[Si](C)(CCc1ccccc1)OC. The molecule has 2 rings (SSSR count). The van der Waals surface area contributed by atoms with Crippen LogP contribution in [0.1, 0.15) is 44.7 Å². The van der Waals surface area contributed by atoms with Crippen molar-refractivity contribution in [3.63, 3.8) is 0 Å². The average Bonchev–Trinajstić information content (AvgIpc) is 3.02. The number of aliphatic hydroxyl groups is 1. The summed E-state index contributed by atoms with van der Waals surface area (Å²) in [5.41, 5.74) is 2.76. The minimum Gasteiger partial charge on any atom is -0.420 e. The van der Waals surface area contributed by atoms with Gasteiger partial charge in [0.2, 0.25) is 0 Å². The Hall–Kier alpha value is -1.15. The van der Waals surface area contributed by atoms with Gasteiger partial charge < -0.3 is 27.2 Å². The van der Waals surface area contributed by atoms with E-state index in [-0.39, 0.29) is 0 Å². The van der Waals surface area contributed by atoms with Gasteiger partial charge in [0, 0.05) is 42.7 Å². The summed E-state index contributed by atoms with van der Waals surface area (Å²) >= 11 is 0. The molecular formula is C32H64O6Si3. The van der Waals surface area contributed by atoms with Crippen molar-refractivity contribution < 1.29 is 27.2 Å². The van der Waals surface area contributed by atoms with Crippen molar-refractivity contribution >= 4 is 25.4 Å². The number of rotatable bonds is 13. The van der Waals surface area contributed by atoms with E-state index in [9.17, 15) is 0 Å². The highest BCUT2D eigenvalue weighted by Crippen LogP contribution is 2.16. The molecule has 0 atom stereocenters. The van der Waals surface area contributed by atoms with E-state index in [1.807, 2.05) is 13.2 Å². The Bertz CT molecular complexity index is 787. The van der Waals surface area contributed by atoms with Gasteiger partial charge in [-0.25, -0.2) is 0 Å². The first kappa shape index (κ1) is 44.3. The highest BCUT2D eigenvalue weighted by Gasteiger charge is 2.28. The lowest BCUT2D eigenvalue weighted by Gasteiger charge is -2.22. The zero-order valence-electron chi connectivity index (χ0n) is 28.7. The highest BCUT2D eigenvalue weighted by atomic mass is 28.4. The zero-order chi connectivity index (χ0) is 32.2. The van der Waals surface area contributed by atoms with E-state index in [2.05, 4.69) is 102 Å². The van der Waals surface area contributed by atoms with Crippen LogP contribution >= 0.6 is 0 Å². The standard InChI is InChI=1S/C11H18O2Si.C11H18OSi.C6H16O2Si.C3H8.CH4O/c1-12-14(3,13-2)10-9-11-7-5-4-6-8-11;1-12-13(2,3)10-9-11-7-5-4-6-8-11;1-5-6-9(4,7-2)8-3;1-3-2;1-2/h4-8H,9-10H2,1-3H3;4-8H,9-10H2,1-3H3;5-6H2,1-4H3;3H2,1-2H3;2H,1H3. The molecule has 240 valence electrons. The summed E-state index contributed by atoms with van der Waals surface area (Å²) in [6.07, 6.45) is 4.57. The Morgan fingerprint density at radius 3 is 1.10 bits per heavy atom. The first-order valence-corrected chi connectivity index (χ1v) is 22.9. The van der Waals surface area contributed by atoms with Crippen LogP contribution in [0.15, 0.2) is 60.7 Å². The molecule has 41 heavy (non-hydrogen) atoms. The summed E-state index contributed by atoms with van der Waals surface area (Å²) in [5.74, 6) is 0. The predicted octanol–water partition coefficient (Wildman–Crippen LogP) is 8.46. The molecule has 1 N–H and O–H groups in total. The van der Waals surface area contributed by atoms with Crippen LogP contribution in [0.3, 0.4) is 0 Å². The van der Waals surface area contributed by atoms with Crippen LogP contribution in [0.4, 0.5) is 0 Å². The van der Waals surface area contributed by atoms with Gasteiger partial charge in [0.25, 0.3) is 0 Å². The highest BCUT2D eigenvalue weighted by molar-refractivity contribution is 6.71. The van der Waals surface area contributed by atoms with E-state index in [0.29, 0.717) is 0 Å². The first-order chi connectivity index (χ1) is 19.4. The van der Waals surface area contributed by atoms with Crippen LogP contribution in [0.2, 0.25) is 44.3 Å². The summed E-state index contributed by atoms with van der Waals surface area (Å²) in [7, 11) is 4.82. The molecule has 0 aliphatic heterocycles. The van der Waals surface area contributed by atoms with Crippen molar-refractivity contribution in [2.75, 3.05) is 42.7 Å². The van der Waals surface area contributed by atoms with E-state index in [0.717, 1.165) is 38.5 Å². The van der Waals surface area contributed by atoms with Crippen LogP contribution in [0, 0.1) is 0 Å². The van der Waals surface area contributed by atoms with Crippen molar-refractivity contribution in [1.82, 2.24) is 0 Å². The van der Waals surface area contributed by atoms with Gasteiger partial charge in [0.15, 0.2) is 8.32 Å². The van der Waals surface area contributed by atoms with Gasteiger partial charge >= 0.3 is 17.1 Å². The molecule has 0 saturated heterocycles. The molecular weight excluding hydrogens is 565 g/mol. The van der Waals surface area contributed by atoms with Crippen molar-refractivity contribution in [1.29, 1.82) is 0 Å². The maximum atomic E-state index is 7.00. The quantitative estimate of drug-likeness (QED) is 0.225. The van der Waals surface area contributed by atoms with Crippen LogP contribution in [-0.4, -0.2) is 73.2 Å². The van der Waals surface area contributed by atoms with Gasteiger partial charge in [0.05, 0.1) is 0 Å². The molecule has 0 aliphatic rings. The Morgan fingerprint density at radius 1 is 0.512 bits per heavy atom. The fourth-order valence-corrected chi connectivity index (χ4v) is 7.13. The van der Waals surface area contributed by atoms with Crippen LogP contribution in [0.25, 0.3) is 0 Å². The fourth-order valence-electron chi connectivity index (χ4n) is 3.24. The number of hydrogen-bond donors (Lipinski definition) is 1. The molecule has 0 heterocycles. The molecule has 0 saturated carbocycles. The largest absolute Gasteiger partial charge is 0.420 e. The minimum absolute atomic E-state index is 1.00. The Labute approximate surface area is 257 Å². The topological polar surface area (TPSA) is 66.4 Å². The summed E-state index contributed by atoms with van der Waals surface area (Å²) in [5, 5.41) is 7.00. The van der Waals surface area contributed by atoms with Crippen molar-refractivity contribution in [2.24, 2.45) is 0 Å². The second-order valence-electron chi connectivity index (χ2n) is 10.5. The summed E-state index contributed by atoms with van der Waals surface area (Å²) in [6, 6.07) is 24.3. The summed E-state index contributed by atoms with van der Waals surface area (Å²) in [4.78, 5) is 0. The molecule has 0 aliphatic carbocycles. The molecule has 0 aromatic heterocycles. The molecule has 0 spiro atoms. The van der Waals surface area contributed by atoms with Crippen molar-refractivity contribution in [3.8, 4) is 0 Å². The number of aliphatic hydroxyl groups excluding tert-OH is 1. The maximum Gasteiger partial charge on any atom is 0.334 e. The maximum absolute atomic E-state index is 7.00. The second-order valence-corrected chi connectivity index (χ2v) is 22.1. The molecule has 0 radical (unpaired) electrons. The summed E-state index contributed by atoms with van der Waals surface area (Å²) in [6.45, 7) is 15.1. The third-order valence-electron chi connectivity index (χ3n) is 6.55. The lowest BCUT2D eigenvalue weighted by Crippen LogP contribution is -2.36. The van der Waals surface area contributed by atoms with E-state index in [1.165, 1.54) is 23.6 Å². The Kier molecular flexibility index (Phi) is 29.9. The zero-order valence-corrected chi connectivity index (χ0v) is 31.7. The van der Waals surface area contributed by atoms with Crippen molar-refractivity contribution in [2.45, 2.75) is 90.8 Å². The molecule has 2 aromatic carbocycles. The Morgan fingerprint density at radius 2 is 0.829 bits per heavy atom. The fraction of sp³-hybridized carbons (Fsp3) is 0.625. The first-order valence-electron chi connectivity index (χ1n) is 14.7. The lowest BCUT2D eigenvalue weighted by atomic mass is 10.2. The molecule has 0 amide bonds. The van der Waals surface area contributed by atoms with Crippen molar-refractivity contribution in [3.05, 3.63) is 71.8 Å². The summed E-state index contributed by atoms with van der Waals surface area (Å²) < 4.78 is 26.8. The molecule has 2 aromatic rings. The van der Waals surface area contributed by atoms with Crippen LogP contribution < -0.4 is 0 Å². The van der Waals surface area contributed by atoms with Crippen LogP contribution in [0.5, 0.6) is 0 Å². The monoisotopic (exact) mass is 628 g/mol. The molecule has 0 fully saturated rings. The van der Waals surface area contributed by atoms with Gasteiger partial charge in [-0.05, 0) is 68.3 Å². The van der Waals surface area contributed by atoms with Gasteiger partial charge in [0.1, 0.15) is 0 Å². The molecule has 0 unspecified atom stereocenters. The number of benzene rings is 2. The van der Waals surface area contributed by atoms with Crippen LogP contribution in [-0.2, 0) is 35.0 Å². The van der Waals surface area contributed by atoms with Gasteiger partial charge in [-0.2, -0.15) is 0 Å². The third-order valence-corrected chi connectivity index (χ3v) is 15.1. The van der Waals surface area contributed by atoms with Gasteiger partial charge in [-0.15, -0.1) is 0 Å². The molecule has 6 nitrogen and oxygen atoms in total. The lowest BCUT2D eigenvalue weighted by molar-refractivity contribution is 0.249. The second kappa shape index (κ2) is 27.7. The molecule has 0 bridgehead atoms. The van der Waals surface area contributed by atoms with E-state index < -0.39 is 25.4 Å². The van der Waals surface area contributed by atoms with Gasteiger partial charge in [-0.1, -0.05) is 94.3 Å². The van der Waals surface area contributed by atoms with Gasteiger partial charge in [-0.3, -0.25) is 0 Å².